The number of sulfone groups is 1. The molecule has 0 aliphatic heterocycles. The van der Waals surface area contributed by atoms with Gasteiger partial charge in [-0.2, -0.15) is 13.2 Å². The van der Waals surface area contributed by atoms with Crippen LogP contribution in [0, 0.1) is 0 Å². The van der Waals surface area contributed by atoms with Gasteiger partial charge in [0.25, 0.3) is 0 Å². The normalized spacial score (nSPS) is 11.8. The first-order chi connectivity index (χ1) is 12.7. The zero-order valence-electron chi connectivity index (χ0n) is 14.2. The third kappa shape index (κ3) is 7.30. The minimum Gasteiger partial charge on any atom is -0.492 e. The summed E-state index contributed by atoms with van der Waals surface area (Å²) in [7, 11) is -3.91. The number of nitrogens with one attached hydrogen (secondary N) is 1. The smallest absolute Gasteiger partial charge is 0.416 e. The summed E-state index contributed by atoms with van der Waals surface area (Å²) in [5.41, 5.74) is -0.956. The SMILES string of the molecule is O=C(CS(=O)(=O)Cc1cccc(C(F)(F)F)c1)NCCOc1ccccc1. The van der Waals surface area contributed by atoms with Gasteiger partial charge in [0, 0.05) is 0 Å². The molecule has 0 saturated carbocycles. The van der Waals surface area contributed by atoms with E-state index in [0.29, 0.717) is 5.75 Å². The Morgan fingerprint density at radius 3 is 2.41 bits per heavy atom. The van der Waals surface area contributed by atoms with E-state index in [1.165, 1.54) is 6.07 Å². The van der Waals surface area contributed by atoms with E-state index in [4.69, 9.17) is 4.74 Å². The molecule has 0 atom stereocenters. The van der Waals surface area contributed by atoms with Crippen LogP contribution in [0.25, 0.3) is 0 Å². The largest absolute Gasteiger partial charge is 0.492 e. The van der Waals surface area contributed by atoms with Gasteiger partial charge < -0.3 is 10.1 Å². The lowest BCUT2D eigenvalue weighted by Gasteiger charge is -2.10. The van der Waals surface area contributed by atoms with E-state index in [2.05, 4.69) is 5.32 Å². The van der Waals surface area contributed by atoms with Crippen molar-refractivity contribution in [2.75, 3.05) is 18.9 Å². The molecule has 146 valence electrons. The molecule has 2 rings (SSSR count). The van der Waals surface area contributed by atoms with Gasteiger partial charge in [0.2, 0.25) is 5.91 Å². The van der Waals surface area contributed by atoms with Crippen molar-refractivity contribution >= 4 is 15.7 Å². The van der Waals surface area contributed by atoms with Gasteiger partial charge in [-0.1, -0.05) is 36.4 Å². The highest BCUT2D eigenvalue weighted by molar-refractivity contribution is 7.91. The maximum absolute atomic E-state index is 12.7. The fourth-order valence-corrected chi connectivity index (χ4v) is 3.56. The number of hydrogen-bond donors (Lipinski definition) is 1. The lowest BCUT2D eigenvalue weighted by molar-refractivity contribution is -0.137. The zero-order valence-corrected chi connectivity index (χ0v) is 15.0. The molecule has 2 aromatic carbocycles. The maximum atomic E-state index is 12.7. The van der Waals surface area contributed by atoms with Crippen molar-refractivity contribution in [1.82, 2.24) is 5.32 Å². The van der Waals surface area contributed by atoms with E-state index in [1.807, 2.05) is 6.07 Å². The molecule has 5 nitrogen and oxygen atoms in total. The molecule has 0 spiro atoms. The molecule has 2 aromatic rings. The first kappa shape index (κ1) is 20.8. The zero-order chi connectivity index (χ0) is 19.9. The van der Waals surface area contributed by atoms with Gasteiger partial charge in [0.15, 0.2) is 9.84 Å². The third-order valence-electron chi connectivity index (χ3n) is 3.43. The predicted octanol–water partition coefficient (Wildman–Crippen LogP) is 2.82. The second-order valence-electron chi connectivity index (χ2n) is 5.74. The van der Waals surface area contributed by atoms with Crippen LogP contribution >= 0.6 is 0 Å². The van der Waals surface area contributed by atoms with Crippen LogP contribution in [0.3, 0.4) is 0 Å². The molecule has 0 heterocycles. The first-order valence-corrected chi connectivity index (χ1v) is 9.79. The molecule has 1 N–H and O–H groups in total. The average molecular weight is 401 g/mol. The van der Waals surface area contributed by atoms with E-state index in [0.717, 1.165) is 18.2 Å². The average Bonchev–Trinajstić information content (AvgIpc) is 2.58. The van der Waals surface area contributed by atoms with Gasteiger partial charge in [-0.25, -0.2) is 8.42 Å². The Morgan fingerprint density at radius 1 is 1.04 bits per heavy atom. The molecule has 1 amide bonds. The Bertz CT molecular complexity index is 868. The van der Waals surface area contributed by atoms with Crippen molar-refractivity contribution < 1.29 is 31.1 Å². The molecule has 0 saturated heterocycles. The molecule has 0 bridgehead atoms. The molecule has 0 fully saturated rings. The van der Waals surface area contributed by atoms with Crippen LogP contribution in [0.15, 0.2) is 54.6 Å². The van der Waals surface area contributed by atoms with Crippen molar-refractivity contribution in [2.45, 2.75) is 11.9 Å². The van der Waals surface area contributed by atoms with Gasteiger partial charge in [-0.05, 0) is 23.8 Å². The number of rotatable bonds is 8. The Morgan fingerprint density at radius 2 is 1.74 bits per heavy atom. The minimum absolute atomic E-state index is 0.0231. The lowest BCUT2D eigenvalue weighted by Crippen LogP contribution is -2.33. The Labute approximate surface area is 155 Å². The van der Waals surface area contributed by atoms with E-state index < -0.39 is 39.0 Å². The molecule has 0 aliphatic carbocycles. The number of benzene rings is 2. The number of amides is 1. The third-order valence-corrected chi connectivity index (χ3v) is 4.90. The number of ether oxygens (including phenoxy) is 1. The molecule has 0 aromatic heterocycles. The monoisotopic (exact) mass is 401 g/mol. The van der Waals surface area contributed by atoms with Crippen molar-refractivity contribution in [1.29, 1.82) is 0 Å². The molecular weight excluding hydrogens is 383 g/mol. The molecule has 0 radical (unpaired) electrons. The Balaban J connectivity index is 1.82. The van der Waals surface area contributed by atoms with Crippen LogP contribution in [-0.4, -0.2) is 33.2 Å². The summed E-state index contributed by atoms with van der Waals surface area (Å²) >= 11 is 0. The summed E-state index contributed by atoms with van der Waals surface area (Å²) in [5, 5.41) is 2.41. The van der Waals surface area contributed by atoms with Crippen LogP contribution in [0.2, 0.25) is 0 Å². The highest BCUT2D eigenvalue weighted by Gasteiger charge is 2.30. The fourth-order valence-electron chi connectivity index (χ4n) is 2.27. The summed E-state index contributed by atoms with van der Waals surface area (Å²) in [4.78, 5) is 11.8. The number of carbonyl (C=O) groups excluding carboxylic acids is 1. The van der Waals surface area contributed by atoms with Crippen LogP contribution < -0.4 is 10.1 Å². The van der Waals surface area contributed by atoms with Gasteiger partial charge in [-0.15, -0.1) is 0 Å². The fraction of sp³-hybridized carbons (Fsp3) is 0.278. The maximum Gasteiger partial charge on any atom is 0.416 e. The van der Waals surface area contributed by atoms with Crippen molar-refractivity contribution in [3.63, 3.8) is 0 Å². The summed E-state index contributed by atoms with van der Waals surface area (Å²) in [5.74, 6) is -1.58. The number of hydrogen-bond acceptors (Lipinski definition) is 4. The van der Waals surface area contributed by atoms with Crippen LogP contribution in [0.1, 0.15) is 11.1 Å². The summed E-state index contributed by atoms with van der Waals surface area (Å²) < 4.78 is 67.5. The second-order valence-corrected chi connectivity index (χ2v) is 7.81. The lowest BCUT2D eigenvalue weighted by atomic mass is 10.1. The number of alkyl halides is 3. The summed E-state index contributed by atoms with van der Waals surface area (Å²) in [6.45, 7) is 0.260. The minimum atomic E-state index is -4.56. The molecule has 9 heteroatoms. The van der Waals surface area contributed by atoms with Gasteiger partial charge in [0.1, 0.15) is 18.1 Å². The van der Waals surface area contributed by atoms with Crippen LogP contribution in [0.4, 0.5) is 13.2 Å². The first-order valence-electron chi connectivity index (χ1n) is 7.97. The molecule has 0 aliphatic rings. The van der Waals surface area contributed by atoms with E-state index in [1.54, 1.807) is 24.3 Å². The van der Waals surface area contributed by atoms with Gasteiger partial charge in [-0.3, -0.25) is 4.79 Å². The van der Waals surface area contributed by atoms with E-state index in [9.17, 15) is 26.4 Å². The van der Waals surface area contributed by atoms with E-state index in [-0.39, 0.29) is 18.7 Å². The highest BCUT2D eigenvalue weighted by atomic mass is 32.2. The topological polar surface area (TPSA) is 72.5 Å². The quantitative estimate of drug-likeness (QED) is 0.691. The number of carbonyl (C=O) groups is 1. The van der Waals surface area contributed by atoms with Crippen LogP contribution in [0.5, 0.6) is 5.75 Å². The standard InChI is InChI=1S/C18H18F3NO4S/c19-18(20,21)15-6-4-5-14(11-15)12-27(24,25)13-17(23)22-9-10-26-16-7-2-1-3-8-16/h1-8,11H,9-10,12-13H2,(H,22,23). The van der Waals surface area contributed by atoms with Crippen LogP contribution in [-0.2, 0) is 26.6 Å². The summed E-state index contributed by atoms with van der Waals surface area (Å²) in [6.07, 6.45) is -4.56. The van der Waals surface area contributed by atoms with E-state index >= 15 is 0 Å². The Hall–Kier alpha value is -2.55. The van der Waals surface area contributed by atoms with Gasteiger partial charge in [0.05, 0.1) is 17.9 Å². The number of para-hydroxylation sites is 1. The molecule has 0 unspecified atom stereocenters. The molecular formula is C18H18F3NO4S. The Kier molecular flexibility index (Phi) is 6.84. The second kappa shape index (κ2) is 8.90. The molecule has 27 heavy (non-hydrogen) atoms. The number of halogens is 3. The highest BCUT2D eigenvalue weighted by Crippen LogP contribution is 2.29. The van der Waals surface area contributed by atoms with Crippen molar-refractivity contribution in [3.8, 4) is 5.75 Å². The predicted molar refractivity (Wildman–Crippen MR) is 93.9 cm³/mol. The van der Waals surface area contributed by atoms with Crippen molar-refractivity contribution in [2.24, 2.45) is 0 Å². The summed E-state index contributed by atoms with van der Waals surface area (Å²) in [6, 6.07) is 12.9. The van der Waals surface area contributed by atoms with Crippen molar-refractivity contribution in [3.05, 3.63) is 65.7 Å². The van der Waals surface area contributed by atoms with Gasteiger partial charge >= 0.3 is 6.18 Å².